The summed E-state index contributed by atoms with van der Waals surface area (Å²) in [6.07, 6.45) is 2.49. The van der Waals surface area contributed by atoms with Crippen LogP contribution in [0.15, 0.2) is 23.4 Å². The van der Waals surface area contributed by atoms with Gasteiger partial charge in [-0.1, -0.05) is 5.16 Å². The summed E-state index contributed by atoms with van der Waals surface area (Å²) in [5.41, 5.74) is 0.422. The van der Waals surface area contributed by atoms with Crippen LogP contribution in [-0.4, -0.2) is 17.5 Å². The average Bonchev–Trinajstić information content (AvgIpc) is 2.47. The van der Waals surface area contributed by atoms with Crippen molar-refractivity contribution in [2.45, 2.75) is 40.0 Å². The van der Waals surface area contributed by atoms with E-state index in [1.54, 1.807) is 6.92 Å². The zero-order valence-corrected chi connectivity index (χ0v) is 12.7. The van der Waals surface area contributed by atoms with Crippen LogP contribution < -0.4 is 4.74 Å². The van der Waals surface area contributed by atoms with E-state index >= 15 is 0 Å². The first kappa shape index (κ1) is 17.0. The number of rotatable bonds is 7. The Bertz CT molecular complexity index is 548. The Morgan fingerprint density at radius 1 is 1.43 bits per heavy atom. The highest BCUT2D eigenvalue weighted by molar-refractivity contribution is 6.00. The number of ether oxygens (including phenoxy) is 1. The first-order chi connectivity index (χ1) is 9.89. The molecule has 0 saturated heterocycles. The van der Waals surface area contributed by atoms with Crippen molar-refractivity contribution in [1.82, 2.24) is 0 Å². The molecule has 4 nitrogen and oxygen atoms in total. The van der Waals surface area contributed by atoms with Crippen molar-refractivity contribution in [3.8, 4) is 11.8 Å². The van der Waals surface area contributed by atoms with Crippen molar-refractivity contribution in [2.24, 2.45) is 10.6 Å². The third-order valence-electron chi connectivity index (χ3n) is 3.24. The van der Waals surface area contributed by atoms with E-state index in [9.17, 15) is 4.39 Å². The standard InChI is InChI=1S/C16H21FN2O2/c1-12(19-20)14-10-13(17)6-7-15(14)21-9-5-4-8-16(2,3)11-18/h6-7,10,20H,4-5,8-9H2,1-3H3/b19-12-. The minimum atomic E-state index is -0.406. The lowest BCUT2D eigenvalue weighted by Crippen LogP contribution is -2.09. The first-order valence-electron chi connectivity index (χ1n) is 6.92. The van der Waals surface area contributed by atoms with E-state index < -0.39 is 5.82 Å². The molecule has 0 radical (unpaired) electrons. The Balaban J connectivity index is 2.55. The summed E-state index contributed by atoms with van der Waals surface area (Å²) in [5.74, 6) is 0.0855. The summed E-state index contributed by atoms with van der Waals surface area (Å²) >= 11 is 0. The summed E-state index contributed by atoms with van der Waals surface area (Å²) in [5, 5.41) is 20.8. The molecule has 0 unspecified atom stereocenters. The van der Waals surface area contributed by atoms with Crippen molar-refractivity contribution in [3.63, 3.8) is 0 Å². The molecule has 0 spiro atoms. The highest BCUT2D eigenvalue weighted by Crippen LogP contribution is 2.23. The van der Waals surface area contributed by atoms with Gasteiger partial charge in [0.1, 0.15) is 11.6 Å². The molecular formula is C16H21FN2O2. The van der Waals surface area contributed by atoms with Gasteiger partial charge in [0.25, 0.3) is 0 Å². The van der Waals surface area contributed by atoms with E-state index in [0.29, 0.717) is 23.6 Å². The molecule has 1 N–H and O–H groups in total. The predicted octanol–water partition coefficient (Wildman–Crippen LogP) is 4.12. The van der Waals surface area contributed by atoms with E-state index in [1.807, 2.05) is 13.8 Å². The maximum Gasteiger partial charge on any atom is 0.128 e. The largest absolute Gasteiger partial charge is 0.493 e. The molecule has 0 saturated carbocycles. The van der Waals surface area contributed by atoms with Gasteiger partial charge in [-0.3, -0.25) is 0 Å². The quantitative estimate of drug-likeness (QED) is 0.356. The molecule has 1 aromatic carbocycles. The van der Waals surface area contributed by atoms with Crippen LogP contribution >= 0.6 is 0 Å². The third kappa shape index (κ3) is 5.42. The van der Waals surface area contributed by atoms with Gasteiger partial charge in [0, 0.05) is 5.56 Å². The molecular weight excluding hydrogens is 271 g/mol. The minimum Gasteiger partial charge on any atom is -0.493 e. The van der Waals surface area contributed by atoms with Crippen molar-refractivity contribution in [2.75, 3.05) is 6.61 Å². The van der Waals surface area contributed by atoms with Crippen LogP contribution in [0.1, 0.15) is 45.6 Å². The van der Waals surface area contributed by atoms with Gasteiger partial charge < -0.3 is 9.94 Å². The zero-order valence-electron chi connectivity index (χ0n) is 12.7. The molecule has 1 rings (SSSR count). The minimum absolute atomic E-state index is 0.301. The van der Waals surface area contributed by atoms with Crippen LogP contribution in [0, 0.1) is 22.6 Å². The van der Waals surface area contributed by atoms with Gasteiger partial charge in [0.05, 0.1) is 23.8 Å². The van der Waals surface area contributed by atoms with Crippen molar-refractivity contribution >= 4 is 5.71 Å². The number of oxime groups is 1. The fraction of sp³-hybridized carbons (Fsp3) is 0.500. The van der Waals surface area contributed by atoms with Gasteiger partial charge in [0.2, 0.25) is 0 Å². The van der Waals surface area contributed by atoms with Crippen LogP contribution in [0.3, 0.4) is 0 Å². The van der Waals surface area contributed by atoms with E-state index in [2.05, 4.69) is 11.2 Å². The second kappa shape index (κ2) is 7.63. The molecule has 0 aliphatic rings. The Hall–Kier alpha value is -2.09. The van der Waals surface area contributed by atoms with Crippen LogP contribution in [0.25, 0.3) is 0 Å². The highest BCUT2D eigenvalue weighted by atomic mass is 19.1. The SMILES string of the molecule is C/C(=N/O)c1cc(F)ccc1OCCCCC(C)(C)C#N. The normalized spacial score (nSPS) is 12.0. The monoisotopic (exact) mass is 292 g/mol. The Morgan fingerprint density at radius 2 is 2.14 bits per heavy atom. The molecule has 0 atom stereocenters. The Labute approximate surface area is 124 Å². The summed E-state index contributed by atoms with van der Waals surface area (Å²) in [6, 6.07) is 6.38. The van der Waals surface area contributed by atoms with Crippen LogP contribution in [0.2, 0.25) is 0 Å². The second-order valence-corrected chi connectivity index (χ2v) is 5.63. The third-order valence-corrected chi connectivity index (χ3v) is 3.24. The lowest BCUT2D eigenvalue weighted by atomic mass is 9.89. The fourth-order valence-corrected chi connectivity index (χ4v) is 1.87. The lowest BCUT2D eigenvalue weighted by Gasteiger charge is -2.15. The molecule has 0 aliphatic carbocycles. The van der Waals surface area contributed by atoms with Crippen LogP contribution in [-0.2, 0) is 0 Å². The topological polar surface area (TPSA) is 65.6 Å². The van der Waals surface area contributed by atoms with Gasteiger partial charge in [0.15, 0.2) is 0 Å². The van der Waals surface area contributed by atoms with E-state index in [4.69, 9.17) is 15.2 Å². The van der Waals surface area contributed by atoms with E-state index in [0.717, 1.165) is 19.3 Å². The second-order valence-electron chi connectivity index (χ2n) is 5.63. The lowest BCUT2D eigenvalue weighted by molar-refractivity contribution is 0.293. The van der Waals surface area contributed by atoms with Gasteiger partial charge in [-0.15, -0.1) is 0 Å². The zero-order chi connectivity index (χ0) is 15.9. The molecule has 0 amide bonds. The molecule has 114 valence electrons. The summed E-state index contributed by atoms with van der Waals surface area (Å²) in [4.78, 5) is 0. The molecule has 1 aromatic rings. The van der Waals surface area contributed by atoms with Crippen molar-refractivity contribution < 1.29 is 14.3 Å². The fourth-order valence-electron chi connectivity index (χ4n) is 1.87. The number of unbranched alkanes of at least 4 members (excludes halogenated alkanes) is 1. The predicted molar refractivity (Wildman–Crippen MR) is 79.1 cm³/mol. The molecule has 21 heavy (non-hydrogen) atoms. The van der Waals surface area contributed by atoms with Crippen molar-refractivity contribution in [1.29, 1.82) is 5.26 Å². The van der Waals surface area contributed by atoms with Gasteiger partial charge >= 0.3 is 0 Å². The number of hydrogen-bond donors (Lipinski definition) is 1. The summed E-state index contributed by atoms with van der Waals surface area (Å²) in [6.45, 7) is 5.87. The average molecular weight is 292 g/mol. The molecule has 0 heterocycles. The molecule has 5 heteroatoms. The smallest absolute Gasteiger partial charge is 0.128 e. The van der Waals surface area contributed by atoms with Gasteiger partial charge in [-0.25, -0.2) is 4.39 Å². The highest BCUT2D eigenvalue weighted by Gasteiger charge is 2.15. The van der Waals surface area contributed by atoms with Crippen molar-refractivity contribution in [3.05, 3.63) is 29.6 Å². The molecule has 0 aliphatic heterocycles. The maximum absolute atomic E-state index is 13.2. The molecule has 0 aromatic heterocycles. The first-order valence-corrected chi connectivity index (χ1v) is 6.92. The Kier molecular flexibility index (Phi) is 6.16. The van der Waals surface area contributed by atoms with Gasteiger partial charge in [-0.05, 0) is 58.2 Å². The Morgan fingerprint density at radius 3 is 2.76 bits per heavy atom. The number of nitrogens with zero attached hydrogens (tertiary/aromatic N) is 2. The molecule has 0 fully saturated rings. The van der Waals surface area contributed by atoms with Gasteiger partial charge in [-0.2, -0.15) is 5.26 Å². The maximum atomic E-state index is 13.2. The molecule has 0 bridgehead atoms. The van der Waals surface area contributed by atoms with E-state index in [-0.39, 0.29) is 5.41 Å². The van der Waals surface area contributed by atoms with E-state index in [1.165, 1.54) is 18.2 Å². The number of nitriles is 1. The summed E-state index contributed by atoms with van der Waals surface area (Å²) < 4.78 is 18.9. The number of hydrogen-bond acceptors (Lipinski definition) is 4. The number of halogens is 1. The van der Waals surface area contributed by atoms with Crippen LogP contribution in [0.4, 0.5) is 4.39 Å². The van der Waals surface area contributed by atoms with Crippen LogP contribution in [0.5, 0.6) is 5.75 Å². The summed E-state index contributed by atoms with van der Waals surface area (Å²) in [7, 11) is 0. The number of benzene rings is 1.